The summed E-state index contributed by atoms with van der Waals surface area (Å²) in [4.78, 5) is 17.3. The summed E-state index contributed by atoms with van der Waals surface area (Å²) in [6.45, 7) is 2.80. The van der Waals surface area contributed by atoms with Crippen molar-refractivity contribution >= 4 is 12.2 Å². The molecule has 1 saturated carbocycles. The van der Waals surface area contributed by atoms with E-state index in [-0.39, 0.29) is 0 Å². The normalized spacial score (nSPS) is 16.5. The van der Waals surface area contributed by atoms with Gasteiger partial charge in [0.15, 0.2) is 0 Å². The largest absolute Gasteiger partial charge is 0.299 e. The molecule has 3 heteroatoms. The number of hydrogen-bond donors (Lipinski definition) is 0. The molecule has 98 valence electrons. The molecule has 1 aliphatic carbocycles. The Bertz CT molecular complexity index is 386. The number of nitrogens with zero attached hydrogens (tertiary/aromatic N) is 2. The number of pyridine rings is 1. The summed E-state index contributed by atoms with van der Waals surface area (Å²) in [5.41, 5.74) is 1.06. The molecule has 0 atom stereocenters. The summed E-state index contributed by atoms with van der Waals surface area (Å²) in [5, 5.41) is 0. The first kappa shape index (κ1) is 13.1. The third-order valence-electron chi connectivity index (χ3n) is 3.88. The third kappa shape index (κ3) is 3.31. The lowest BCUT2D eigenvalue weighted by Gasteiger charge is -2.24. The number of rotatable bonds is 5. The van der Waals surface area contributed by atoms with Crippen LogP contribution in [0.3, 0.4) is 0 Å². The van der Waals surface area contributed by atoms with Crippen molar-refractivity contribution in [1.82, 2.24) is 4.98 Å². The molecule has 18 heavy (non-hydrogen) atoms. The fraction of sp³-hybridized carbons (Fsp3) is 0.600. The predicted octanol–water partition coefficient (Wildman–Crippen LogP) is 3.32. The van der Waals surface area contributed by atoms with E-state index in [0.29, 0.717) is 0 Å². The average molecular weight is 246 g/mol. The SMILES string of the molecule is Cc1cccnc1N(C=O)CCC1CCCCC1. The Hall–Kier alpha value is -1.38. The minimum Gasteiger partial charge on any atom is -0.299 e. The molecule has 1 aromatic heterocycles. The van der Waals surface area contributed by atoms with Crippen molar-refractivity contribution in [2.75, 3.05) is 11.4 Å². The molecule has 1 amide bonds. The van der Waals surface area contributed by atoms with Crippen LogP contribution in [0.25, 0.3) is 0 Å². The first-order chi connectivity index (χ1) is 8.81. The van der Waals surface area contributed by atoms with Crippen LogP contribution in [-0.4, -0.2) is 17.9 Å². The minimum absolute atomic E-state index is 0.796. The maximum atomic E-state index is 11.2. The number of anilines is 1. The molecule has 3 nitrogen and oxygen atoms in total. The maximum absolute atomic E-state index is 11.2. The minimum atomic E-state index is 0.796. The van der Waals surface area contributed by atoms with Crippen molar-refractivity contribution in [2.45, 2.75) is 45.4 Å². The lowest BCUT2D eigenvalue weighted by Crippen LogP contribution is -2.26. The smallest absolute Gasteiger partial charge is 0.215 e. The van der Waals surface area contributed by atoms with Crippen LogP contribution in [0.15, 0.2) is 18.3 Å². The second-order valence-electron chi connectivity index (χ2n) is 5.24. The van der Waals surface area contributed by atoms with Gasteiger partial charge in [-0.3, -0.25) is 9.69 Å². The topological polar surface area (TPSA) is 33.2 Å². The zero-order valence-corrected chi connectivity index (χ0v) is 11.1. The van der Waals surface area contributed by atoms with Gasteiger partial charge in [0.05, 0.1) is 0 Å². The summed E-state index contributed by atoms with van der Waals surface area (Å²) in [6.07, 6.45) is 10.5. The van der Waals surface area contributed by atoms with E-state index >= 15 is 0 Å². The van der Waals surface area contributed by atoms with Crippen molar-refractivity contribution in [3.8, 4) is 0 Å². The summed E-state index contributed by atoms with van der Waals surface area (Å²) >= 11 is 0. The first-order valence-electron chi connectivity index (χ1n) is 6.95. The molecule has 2 rings (SSSR count). The van der Waals surface area contributed by atoms with Crippen molar-refractivity contribution in [2.24, 2.45) is 5.92 Å². The first-order valence-corrected chi connectivity index (χ1v) is 6.95. The Morgan fingerprint density at radius 2 is 2.17 bits per heavy atom. The fourth-order valence-electron chi connectivity index (χ4n) is 2.78. The van der Waals surface area contributed by atoms with Gasteiger partial charge in [0.1, 0.15) is 5.82 Å². The Labute approximate surface area is 109 Å². The second-order valence-corrected chi connectivity index (χ2v) is 5.24. The number of aromatic nitrogens is 1. The molecular formula is C15H22N2O. The lowest BCUT2D eigenvalue weighted by molar-refractivity contribution is -0.107. The van der Waals surface area contributed by atoms with Crippen molar-refractivity contribution in [3.63, 3.8) is 0 Å². The standard InChI is InChI=1S/C15H22N2O/c1-13-6-5-10-16-15(13)17(12-18)11-9-14-7-3-2-4-8-14/h5-6,10,12,14H,2-4,7-9,11H2,1H3. The van der Waals surface area contributed by atoms with Gasteiger partial charge >= 0.3 is 0 Å². The molecule has 0 radical (unpaired) electrons. The molecule has 0 N–H and O–H groups in total. The maximum Gasteiger partial charge on any atom is 0.215 e. The number of aryl methyl sites for hydroxylation is 1. The zero-order chi connectivity index (χ0) is 12.8. The molecule has 0 saturated heterocycles. The van der Waals surface area contributed by atoms with E-state index in [1.54, 1.807) is 11.1 Å². The highest BCUT2D eigenvalue weighted by molar-refractivity contribution is 5.74. The number of carbonyl (C=O) groups excluding carboxylic acids is 1. The monoisotopic (exact) mass is 246 g/mol. The van der Waals surface area contributed by atoms with Crippen molar-refractivity contribution in [1.29, 1.82) is 0 Å². The summed E-state index contributed by atoms with van der Waals surface area (Å²) in [5.74, 6) is 1.61. The van der Waals surface area contributed by atoms with Crippen molar-refractivity contribution in [3.05, 3.63) is 23.9 Å². The van der Waals surface area contributed by atoms with E-state index in [9.17, 15) is 4.79 Å². The van der Waals surface area contributed by atoms with Gasteiger partial charge in [-0.1, -0.05) is 38.2 Å². The lowest BCUT2D eigenvalue weighted by atomic mass is 9.87. The van der Waals surface area contributed by atoms with E-state index in [4.69, 9.17) is 0 Å². The molecule has 1 heterocycles. The average Bonchev–Trinajstić information content (AvgIpc) is 2.42. The van der Waals surface area contributed by atoms with E-state index in [2.05, 4.69) is 4.98 Å². The van der Waals surface area contributed by atoms with E-state index in [0.717, 1.165) is 36.7 Å². The van der Waals surface area contributed by atoms with Crippen LogP contribution in [0.5, 0.6) is 0 Å². The highest BCUT2D eigenvalue weighted by Gasteiger charge is 2.16. The Morgan fingerprint density at radius 1 is 1.39 bits per heavy atom. The van der Waals surface area contributed by atoms with Crippen LogP contribution < -0.4 is 4.90 Å². The summed E-state index contributed by atoms with van der Waals surface area (Å²) < 4.78 is 0. The second kappa shape index (κ2) is 6.53. The Morgan fingerprint density at radius 3 is 2.83 bits per heavy atom. The molecule has 1 aliphatic rings. The number of hydrogen-bond acceptors (Lipinski definition) is 2. The van der Waals surface area contributed by atoms with Crippen LogP contribution in [0.4, 0.5) is 5.82 Å². The van der Waals surface area contributed by atoms with Gasteiger partial charge in [-0.05, 0) is 30.9 Å². The van der Waals surface area contributed by atoms with Crippen molar-refractivity contribution < 1.29 is 4.79 Å². The van der Waals surface area contributed by atoms with Gasteiger partial charge in [0.25, 0.3) is 0 Å². The van der Waals surface area contributed by atoms with E-state index < -0.39 is 0 Å². The summed E-state index contributed by atoms with van der Waals surface area (Å²) in [7, 11) is 0. The summed E-state index contributed by atoms with van der Waals surface area (Å²) in [6, 6.07) is 3.91. The molecule has 0 aliphatic heterocycles. The van der Waals surface area contributed by atoms with Crippen LogP contribution in [0.2, 0.25) is 0 Å². The van der Waals surface area contributed by atoms with Gasteiger partial charge in [-0.25, -0.2) is 4.98 Å². The molecule has 1 aromatic rings. The number of amides is 1. The quantitative estimate of drug-likeness (QED) is 0.747. The van der Waals surface area contributed by atoms with Gasteiger partial charge in [0.2, 0.25) is 6.41 Å². The van der Waals surface area contributed by atoms with Gasteiger partial charge < -0.3 is 0 Å². The fourth-order valence-corrected chi connectivity index (χ4v) is 2.78. The molecular weight excluding hydrogens is 224 g/mol. The van der Waals surface area contributed by atoms with Crippen LogP contribution >= 0.6 is 0 Å². The van der Waals surface area contributed by atoms with Crippen LogP contribution in [0, 0.1) is 12.8 Å². The third-order valence-corrected chi connectivity index (χ3v) is 3.88. The van der Waals surface area contributed by atoms with E-state index in [1.165, 1.54) is 32.1 Å². The predicted molar refractivity (Wildman–Crippen MR) is 73.6 cm³/mol. The highest BCUT2D eigenvalue weighted by Crippen LogP contribution is 2.27. The van der Waals surface area contributed by atoms with Gasteiger partial charge in [0, 0.05) is 12.7 Å². The zero-order valence-electron chi connectivity index (χ0n) is 11.1. The van der Waals surface area contributed by atoms with Crippen LogP contribution in [0.1, 0.15) is 44.1 Å². The van der Waals surface area contributed by atoms with E-state index in [1.807, 2.05) is 19.1 Å². The highest BCUT2D eigenvalue weighted by atomic mass is 16.1. The molecule has 1 fully saturated rings. The molecule has 0 spiro atoms. The Balaban J connectivity index is 1.93. The molecule has 0 unspecified atom stereocenters. The van der Waals surface area contributed by atoms with Gasteiger partial charge in [-0.2, -0.15) is 0 Å². The number of carbonyl (C=O) groups is 1. The Kier molecular flexibility index (Phi) is 4.73. The van der Waals surface area contributed by atoms with Crippen LogP contribution in [-0.2, 0) is 4.79 Å². The van der Waals surface area contributed by atoms with Gasteiger partial charge in [-0.15, -0.1) is 0 Å². The molecule has 0 bridgehead atoms. The molecule has 0 aromatic carbocycles.